The van der Waals surface area contributed by atoms with E-state index in [4.69, 9.17) is 0 Å². The van der Waals surface area contributed by atoms with Crippen LogP contribution in [0.4, 0.5) is 5.69 Å². The number of fused-ring (bicyclic) bond motifs is 1. The van der Waals surface area contributed by atoms with Crippen LogP contribution >= 0.6 is 0 Å². The molecule has 0 unspecified atom stereocenters. The first-order chi connectivity index (χ1) is 8.50. The van der Waals surface area contributed by atoms with Gasteiger partial charge in [0.05, 0.1) is 5.69 Å². The lowest BCUT2D eigenvalue weighted by Gasteiger charge is -2.30. The number of rotatable bonds is 2. The van der Waals surface area contributed by atoms with Crippen molar-refractivity contribution in [2.75, 3.05) is 11.4 Å². The molecule has 96 valence electrons. The van der Waals surface area contributed by atoms with Crippen LogP contribution in [0.25, 0.3) is 0 Å². The molecule has 1 aromatic carbocycles. The zero-order valence-electron chi connectivity index (χ0n) is 11.2. The number of amides is 1. The summed E-state index contributed by atoms with van der Waals surface area (Å²) in [6.07, 6.45) is 0.961. The van der Waals surface area contributed by atoms with Crippen molar-refractivity contribution in [1.29, 1.82) is 0 Å². The van der Waals surface area contributed by atoms with Gasteiger partial charge in [-0.2, -0.15) is 0 Å². The lowest BCUT2D eigenvalue weighted by molar-refractivity contribution is -0.119. The number of aryl methyl sites for hydroxylation is 1. The van der Waals surface area contributed by atoms with E-state index in [-0.39, 0.29) is 11.7 Å². The van der Waals surface area contributed by atoms with E-state index in [1.165, 1.54) is 0 Å². The van der Waals surface area contributed by atoms with Crippen LogP contribution in [0, 0.1) is 12.8 Å². The summed E-state index contributed by atoms with van der Waals surface area (Å²) < 4.78 is 0. The molecule has 0 aromatic heterocycles. The van der Waals surface area contributed by atoms with E-state index in [1.54, 1.807) is 4.90 Å². The third-order valence-electron chi connectivity index (χ3n) is 3.25. The van der Waals surface area contributed by atoms with Crippen LogP contribution in [0.2, 0.25) is 0 Å². The van der Waals surface area contributed by atoms with Gasteiger partial charge in [-0.1, -0.05) is 26.0 Å². The first kappa shape index (κ1) is 12.8. The van der Waals surface area contributed by atoms with Crippen LogP contribution in [-0.4, -0.2) is 18.2 Å². The fourth-order valence-corrected chi connectivity index (χ4v) is 2.41. The summed E-state index contributed by atoms with van der Waals surface area (Å²) >= 11 is 0. The van der Waals surface area contributed by atoms with E-state index < -0.39 is 0 Å². The Balaban J connectivity index is 2.40. The zero-order valence-corrected chi connectivity index (χ0v) is 11.2. The Kier molecular flexibility index (Phi) is 3.50. The minimum Gasteiger partial charge on any atom is -0.311 e. The molecule has 3 heteroatoms. The van der Waals surface area contributed by atoms with E-state index in [0.29, 0.717) is 30.9 Å². The van der Waals surface area contributed by atoms with Gasteiger partial charge in [0.1, 0.15) is 0 Å². The van der Waals surface area contributed by atoms with Crippen molar-refractivity contribution in [3.63, 3.8) is 0 Å². The van der Waals surface area contributed by atoms with E-state index in [2.05, 4.69) is 0 Å². The van der Waals surface area contributed by atoms with Crippen molar-refractivity contribution >= 4 is 17.4 Å². The lowest BCUT2D eigenvalue weighted by Crippen LogP contribution is -2.38. The average Bonchev–Trinajstić information content (AvgIpc) is 2.29. The highest BCUT2D eigenvalue weighted by Crippen LogP contribution is 2.31. The monoisotopic (exact) mass is 245 g/mol. The first-order valence-electron chi connectivity index (χ1n) is 6.44. The Morgan fingerprint density at radius 2 is 2.11 bits per heavy atom. The van der Waals surface area contributed by atoms with Crippen LogP contribution in [0.5, 0.6) is 0 Å². The third-order valence-corrected chi connectivity index (χ3v) is 3.25. The van der Waals surface area contributed by atoms with Crippen LogP contribution < -0.4 is 4.90 Å². The average molecular weight is 245 g/mol. The molecule has 0 N–H and O–H groups in total. The minimum absolute atomic E-state index is 0.119. The normalized spacial score (nSPS) is 14.9. The zero-order chi connectivity index (χ0) is 13.3. The van der Waals surface area contributed by atoms with Gasteiger partial charge >= 0.3 is 0 Å². The molecule has 1 aliphatic rings. The largest absolute Gasteiger partial charge is 0.311 e. The fourth-order valence-electron chi connectivity index (χ4n) is 2.41. The van der Waals surface area contributed by atoms with E-state index in [9.17, 15) is 9.59 Å². The molecule has 0 saturated carbocycles. The highest BCUT2D eigenvalue weighted by Gasteiger charge is 2.28. The van der Waals surface area contributed by atoms with Crippen LogP contribution in [-0.2, 0) is 4.79 Å². The molecule has 0 spiro atoms. The Morgan fingerprint density at radius 3 is 2.78 bits per heavy atom. The number of hydrogen-bond acceptors (Lipinski definition) is 2. The molecule has 18 heavy (non-hydrogen) atoms. The molecule has 0 radical (unpaired) electrons. The summed E-state index contributed by atoms with van der Waals surface area (Å²) in [5, 5.41) is 0. The number of carbonyl (C=O) groups excluding carboxylic acids is 2. The van der Waals surface area contributed by atoms with Gasteiger partial charge < -0.3 is 4.90 Å². The van der Waals surface area contributed by atoms with Crippen LogP contribution in [0.15, 0.2) is 18.2 Å². The molecule has 2 rings (SSSR count). The number of nitrogens with zero attached hydrogens (tertiary/aromatic N) is 1. The number of para-hydroxylation sites is 1. The number of Topliss-reactive ketones (excluding diaryl/α,β-unsaturated/α-hetero) is 1. The van der Waals surface area contributed by atoms with Gasteiger partial charge in [0, 0.05) is 24.9 Å². The van der Waals surface area contributed by atoms with Crippen molar-refractivity contribution < 1.29 is 9.59 Å². The smallest absolute Gasteiger partial charge is 0.227 e. The quantitative estimate of drug-likeness (QED) is 0.803. The topological polar surface area (TPSA) is 37.4 Å². The van der Waals surface area contributed by atoms with Crippen molar-refractivity contribution in [1.82, 2.24) is 0 Å². The summed E-state index contributed by atoms with van der Waals surface area (Å²) in [5.74, 6) is 0.595. The van der Waals surface area contributed by atoms with Gasteiger partial charge in [-0.3, -0.25) is 9.59 Å². The standard InChI is InChI=1S/C15H19NO2/c1-10(2)9-14(18)16-8-7-13(17)12-6-4-5-11(3)15(12)16/h4-6,10H,7-9H2,1-3H3. The van der Waals surface area contributed by atoms with Gasteiger partial charge in [-0.05, 0) is 24.5 Å². The number of ketones is 1. The molecule has 1 aliphatic heterocycles. The number of hydrogen-bond donors (Lipinski definition) is 0. The summed E-state index contributed by atoms with van der Waals surface area (Å²) in [6, 6.07) is 5.65. The fraction of sp³-hybridized carbons (Fsp3) is 0.467. The van der Waals surface area contributed by atoms with Crippen molar-refractivity contribution in [3.8, 4) is 0 Å². The summed E-state index contributed by atoms with van der Waals surface area (Å²) in [4.78, 5) is 25.9. The van der Waals surface area contributed by atoms with E-state index in [0.717, 1.165) is 11.3 Å². The van der Waals surface area contributed by atoms with Crippen molar-refractivity contribution in [2.45, 2.75) is 33.6 Å². The molecule has 1 aromatic rings. The molecule has 0 aliphatic carbocycles. The second-order valence-electron chi connectivity index (χ2n) is 5.29. The van der Waals surface area contributed by atoms with Gasteiger partial charge in [-0.15, -0.1) is 0 Å². The molecule has 0 bridgehead atoms. The molecule has 0 saturated heterocycles. The van der Waals surface area contributed by atoms with Gasteiger partial charge in [0.25, 0.3) is 0 Å². The summed E-state index contributed by atoms with van der Waals surface area (Å²) in [7, 11) is 0. The third kappa shape index (κ3) is 2.30. The van der Waals surface area contributed by atoms with Crippen molar-refractivity contribution in [2.24, 2.45) is 5.92 Å². The van der Waals surface area contributed by atoms with Gasteiger partial charge in [0.2, 0.25) is 5.91 Å². The number of anilines is 1. The maximum absolute atomic E-state index is 12.2. The molecule has 1 heterocycles. The highest BCUT2D eigenvalue weighted by molar-refractivity contribution is 6.09. The summed E-state index contributed by atoms with van der Waals surface area (Å²) in [6.45, 7) is 6.53. The second-order valence-corrected chi connectivity index (χ2v) is 5.29. The Morgan fingerprint density at radius 1 is 1.39 bits per heavy atom. The lowest BCUT2D eigenvalue weighted by atomic mass is 9.96. The van der Waals surface area contributed by atoms with Gasteiger partial charge in [-0.25, -0.2) is 0 Å². The molecular weight excluding hydrogens is 226 g/mol. The highest BCUT2D eigenvalue weighted by atomic mass is 16.2. The maximum atomic E-state index is 12.2. The molecule has 0 atom stereocenters. The number of carbonyl (C=O) groups is 2. The van der Waals surface area contributed by atoms with E-state index >= 15 is 0 Å². The Bertz CT molecular complexity index is 491. The number of benzene rings is 1. The molecule has 3 nitrogen and oxygen atoms in total. The predicted molar refractivity (Wildman–Crippen MR) is 71.9 cm³/mol. The van der Waals surface area contributed by atoms with Crippen LogP contribution in [0.1, 0.15) is 42.6 Å². The maximum Gasteiger partial charge on any atom is 0.227 e. The van der Waals surface area contributed by atoms with Gasteiger partial charge in [0.15, 0.2) is 5.78 Å². The first-order valence-corrected chi connectivity index (χ1v) is 6.44. The SMILES string of the molecule is Cc1cccc2c1N(C(=O)CC(C)C)CCC2=O. The predicted octanol–water partition coefficient (Wildman–Crippen LogP) is 2.96. The Labute approximate surface area is 108 Å². The molecule has 1 amide bonds. The van der Waals surface area contributed by atoms with Crippen molar-refractivity contribution in [3.05, 3.63) is 29.3 Å². The van der Waals surface area contributed by atoms with E-state index in [1.807, 2.05) is 39.0 Å². The summed E-state index contributed by atoms with van der Waals surface area (Å²) in [5.41, 5.74) is 2.51. The van der Waals surface area contributed by atoms with Crippen LogP contribution in [0.3, 0.4) is 0 Å². The molecule has 0 fully saturated rings. The molecular formula is C15H19NO2. The Hall–Kier alpha value is -1.64. The second kappa shape index (κ2) is 4.92. The minimum atomic E-state index is 0.119.